The van der Waals surface area contributed by atoms with E-state index >= 15 is 0 Å². The van der Waals surface area contributed by atoms with Crippen molar-refractivity contribution in [1.82, 2.24) is 10.2 Å². The Labute approximate surface area is 199 Å². The second kappa shape index (κ2) is 12.5. The number of rotatable bonds is 11. The number of methoxy groups -OCH3 is 1. The van der Waals surface area contributed by atoms with Gasteiger partial charge in [0.2, 0.25) is 5.91 Å². The van der Waals surface area contributed by atoms with Crippen LogP contribution in [0.4, 0.5) is 0 Å². The average Bonchev–Trinajstić information content (AvgIpc) is 2.78. The smallest absolute Gasteiger partial charge is 0.261 e. The molecular weight excluding hydrogens is 472 g/mol. The zero-order chi connectivity index (χ0) is 23.7. The summed E-state index contributed by atoms with van der Waals surface area (Å²) >= 11 is 3.47. The van der Waals surface area contributed by atoms with Crippen LogP contribution in [0.25, 0.3) is 0 Å². The molecule has 0 fully saturated rings. The topological polar surface area (TPSA) is 67.9 Å². The van der Waals surface area contributed by atoms with Crippen molar-refractivity contribution < 1.29 is 19.1 Å². The molecule has 0 spiro atoms. The van der Waals surface area contributed by atoms with Gasteiger partial charge in [0.1, 0.15) is 17.5 Å². The highest BCUT2D eigenvalue weighted by molar-refractivity contribution is 9.10. The molecule has 0 saturated carbocycles. The van der Waals surface area contributed by atoms with E-state index in [0.29, 0.717) is 30.4 Å². The first-order valence-electron chi connectivity index (χ1n) is 10.8. The minimum atomic E-state index is -0.595. The normalized spacial score (nSPS) is 11.7. The Hall–Kier alpha value is -2.54. The summed E-state index contributed by atoms with van der Waals surface area (Å²) in [6, 6.07) is 12.5. The highest BCUT2D eigenvalue weighted by Gasteiger charge is 2.29. The maximum Gasteiger partial charge on any atom is 0.261 e. The highest BCUT2D eigenvalue weighted by atomic mass is 79.9. The molecule has 2 rings (SSSR count). The van der Waals surface area contributed by atoms with Crippen molar-refractivity contribution in [3.63, 3.8) is 0 Å². The van der Waals surface area contributed by atoms with Gasteiger partial charge in [-0.05, 0) is 60.7 Å². The van der Waals surface area contributed by atoms with E-state index in [1.807, 2.05) is 70.2 Å². The molecule has 2 aromatic rings. The second-order valence-electron chi connectivity index (χ2n) is 8.14. The summed E-state index contributed by atoms with van der Waals surface area (Å²) in [4.78, 5) is 27.8. The van der Waals surface area contributed by atoms with Crippen LogP contribution >= 0.6 is 15.9 Å². The molecule has 0 saturated heterocycles. The summed E-state index contributed by atoms with van der Waals surface area (Å²) in [7, 11) is 1.60. The first-order chi connectivity index (χ1) is 15.2. The Morgan fingerprint density at radius 3 is 2.50 bits per heavy atom. The fraction of sp³-hybridized carbons (Fsp3) is 0.440. The van der Waals surface area contributed by atoms with Crippen molar-refractivity contribution in [2.75, 3.05) is 20.3 Å². The van der Waals surface area contributed by atoms with Crippen LogP contribution in [0.1, 0.15) is 38.3 Å². The third-order valence-electron chi connectivity index (χ3n) is 5.05. The molecule has 0 aliphatic rings. The summed E-state index contributed by atoms with van der Waals surface area (Å²) in [6.45, 7) is 8.63. The summed E-state index contributed by atoms with van der Waals surface area (Å²) < 4.78 is 12.1. The molecule has 0 aliphatic heterocycles. The standard InChI is InChI=1S/C25H33BrN2O4/c1-6-23(25(30)27-14-17(2)3)28(15-19-8-7-9-20(13-19)31-5)24(29)16-32-21-10-11-22(26)18(4)12-21/h7-13,17,23H,6,14-16H2,1-5H3,(H,27,30)/t23-/m1/s1. The van der Waals surface area contributed by atoms with Gasteiger partial charge in [-0.15, -0.1) is 0 Å². The monoisotopic (exact) mass is 504 g/mol. The molecule has 174 valence electrons. The van der Waals surface area contributed by atoms with Gasteiger partial charge in [0, 0.05) is 17.6 Å². The molecule has 1 atom stereocenters. The number of ether oxygens (including phenoxy) is 2. The molecular formula is C25H33BrN2O4. The molecule has 2 amide bonds. The average molecular weight is 505 g/mol. The van der Waals surface area contributed by atoms with Crippen LogP contribution in [0.15, 0.2) is 46.9 Å². The molecule has 6 nitrogen and oxygen atoms in total. The number of carbonyl (C=O) groups is 2. The molecule has 0 heterocycles. The van der Waals surface area contributed by atoms with Gasteiger partial charge in [-0.3, -0.25) is 9.59 Å². The van der Waals surface area contributed by atoms with E-state index in [1.54, 1.807) is 12.0 Å². The summed E-state index contributed by atoms with van der Waals surface area (Å²) in [6.07, 6.45) is 0.497. The van der Waals surface area contributed by atoms with Crippen molar-refractivity contribution in [2.24, 2.45) is 5.92 Å². The van der Waals surface area contributed by atoms with E-state index in [0.717, 1.165) is 15.6 Å². The Balaban J connectivity index is 2.22. The minimum Gasteiger partial charge on any atom is -0.497 e. The Kier molecular flexibility index (Phi) is 10.0. The van der Waals surface area contributed by atoms with Gasteiger partial charge in [0.25, 0.3) is 5.91 Å². The lowest BCUT2D eigenvalue weighted by atomic mass is 10.1. The van der Waals surface area contributed by atoms with Gasteiger partial charge in [-0.2, -0.15) is 0 Å². The van der Waals surface area contributed by atoms with E-state index < -0.39 is 6.04 Å². The number of hydrogen-bond acceptors (Lipinski definition) is 4. The van der Waals surface area contributed by atoms with Gasteiger partial charge in [-0.1, -0.05) is 48.8 Å². The Morgan fingerprint density at radius 2 is 1.88 bits per heavy atom. The molecule has 0 radical (unpaired) electrons. The zero-order valence-corrected chi connectivity index (χ0v) is 21.1. The fourth-order valence-electron chi connectivity index (χ4n) is 3.24. The van der Waals surface area contributed by atoms with Gasteiger partial charge in [-0.25, -0.2) is 0 Å². The van der Waals surface area contributed by atoms with E-state index in [-0.39, 0.29) is 25.0 Å². The summed E-state index contributed by atoms with van der Waals surface area (Å²) in [5.74, 6) is 1.23. The minimum absolute atomic E-state index is 0.154. The van der Waals surface area contributed by atoms with Gasteiger partial charge >= 0.3 is 0 Å². The summed E-state index contributed by atoms with van der Waals surface area (Å²) in [5.41, 5.74) is 1.90. The lowest BCUT2D eigenvalue weighted by molar-refractivity contribution is -0.143. The number of halogens is 1. The third kappa shape index (κ3) is 7.55. The number of nitrogens with one attached hydrogen (secondary N) is 1. The first-order valence-corrected chi connectivity index (χ1v) is 11.6. The van der Waals surface area contributed by atoms with Crippen LogP contribution in [-0.2, 0) is 16.1 Å². The second-order valence-corrected chi connectivity index (χ2v) is 8.99. The molecule has 0 aromatic heterocycles. The van der Waals surface area contributed by atoms with E-state index in [2.05, 4.69) is 21.2 Å². The van der Waals surface area contributed by atoms with Crippen molar-refractivity contribution >= 4 is 27.7 Å². The van der Waals surface area contributed by atoms with Gasteiger partial charge in [0.15, 0.2) is 6.61 Å². The van der Waals surface area contributed by atoms with Gasteiger partial charge < -0.3 is 19.7 Å². The zero-order valence-electron chi connectivity index (χ0n) is 19.5. The maximum atomic E-state index is 13.3. The van der Waals surface area contributed by atoms with Gasteiger partial charge in [0.05, 0.1) is 7.11 Å². The largest absolute Gasteiger partial charge is 0.497 e. The quantitative estimate of drug-likeness (QED) is 0.480. The predicted octanol–water partition coefficient (Wildman–Crippen LogP) is 4.72. The lowest BCUT2D eigenvalue weighted by Gasteiger charge is -2.31. The molecule has 7 heteroatoms. The van der Waals surface area contributed by atoms with E-state index in [1.165, 1.54) is 0 Å². The molecule has 0 bridgehead atoms. The number of amides is 2. The van der Waals surface area contributed by atoms with Crippen molar-refractivity contribution in [1.29, 1.82) is 0 Å². The van der Waals surface area contributed by atoms with Crippen molar-refractivity contribution in [2.45, 2.75) is 46.7 Å². The van der Waals surface area contributed by atoms with Crippen LogP contribution in [0, 0.1) is 12.8 Å². The maximum absolute atomic E-state index is 13.3. The number of benzene rings is 2. The SMILES string of the molecule is CC[C@H](C(=O)NCC(C)C)N(Cc1cccc(OC)c1)C(=O)COc1ccc(Br)c(C)c1. The number of aryl methyl sites for hydroxylation is 1. The van der Waals surface area contributed by atoms with Crippen LogP contribution in [0.5, 0.6) is 11.5 Å². The predicted molar refractivity (Wildman–Crippen MR) is 130 cm³/mol. The third-order valence-corrected chi connectivity index (χ3v) is 5.94. The van der Waals surface area contributed by atoms with Crippen molar-refractivity contribution in [3.05, 3.63) is 58.1 Å². The number of hydrogen-bond donors (Lipinski definition) is 1. The Bertz CT molecular complexity index is 917. The van der Waals surface area contributed by atoms with E-state index in [9.17, 15) is 9.59 Å². The molecule has 32 heavy (non-hydrogen) atoms. The van der Waals surface area contributed by atoms with Crippen LogP contribution in [0.3, 0.4) is 0 Å². The first kappa shape index (κ1) is 25.7. The summed E-state index contributed by atoms with van der Waals surface area (Å²) in [5, 5.41) is 2.96. The van der Waals surface area contributed by atoms with Crippen LogP contribution < -0.4 is 14.8 Å². The number of carbonyl (C=O) groups excluding carboxylic acids is 2. The van der Waals surface area contributed by atoms with Crippen LogP contribution in [-0.4, -0.2) is 43.0 Å². The van der Waals surface area contributed by atoms with Crippen LogP contribution in [0.2, 0.25) is 0 Å². The molecule has 0 unspecified atom stereocenters. The lowest BCUT2D eigenvalue weighted by Crippen LogP contribution is -2.50. The molecule has 2 aromatic carbocycles. The highest BCUT2D eigenvalue weighted by Crippen LogP contribution is 2.22. The van der Waals surface area contributed by atoms with Crippen molar-refractivity contribution in [3.8, 4) is 11.5 Å². The number of nitrogens with zero attached hydrogens (tertiary/aromatic N) is 1. The fourth-order valence-corrected chi connectivity index (χ4v) is 3.49. The molecule has 0 aliphatic carbocycles. The molecule has 1 N–H and O–H groups in total. The Morgan fingerprint density at radius 1 is 1.12 bits per heavy atom. The van der Waals surface area contributed by atoms with E-state index in [4.69, 9.17) is 9.47 Å².